The summed E-state index contributed by atoms with van der Waals surface area (Å²) in [6, 6.07) is 5.02. The maximum absolute atomic E-state index is 13.7. The highest BCUT2D eigenvalue weighted by atomic mass is 32.2. The summed E-state index contributed by atoms with van der Waals surface area (Å²) in [7, 11) is 0. The third kappa shape index (κ3) is 3.08. The highest BCUT2D eigenvalue weighted by molar-refractivity contribution is 7.99. The number of nitrogens with one attached hydrogen (secondary N) is 1. The molecule has 3 nitrogen and oxygen atoms in total. The molecule has 90 valence electrons. The van der Waals surface area contributed by atoms with Crippen LogP contribution in [0.15, 0.2) is 45.2 Å². The molecule has 2 aromatic rings. The van der Waals surface area contributed by atoms with Crippen molar-refractivity contribution < 1.29 is 8.81 Å². The monoisotopic (exact) mass is 252 g/mol. The Kier molecular flexibility index (Phi) is 4.17. The van der Waals surface area contributed by atoms with Crippen LogP contribution in [0.5, 0.6) is 0 Å². The van der Waals surface area contributed by atoms with E-state index in [-0.39, 0.29) is 5.82 Å². The van der Waals surface area contributed by atoms with Gasteiger partial charge in [-0.15, -0.1) is 0 Å². The molecule has 0 aliphatic carbocycles. The summed E-state index contributed by atoms with van der Waals surface area (Å²) in [5.41, 5.74) is 0.651. The summed E-state index contributed by atoms with van der Waals surface area (Å²) in [6.45, 7) is 3.30. The van der Waals surface area contributed by atoms with Crippen LogP contribution in [0.1, 0.15) is 12.5 Å². The Hall–Kier alpha value is -1.33. The lowest BCUT2D eigenvalue weighted by Gasteiger charge is -2.08. The Morgan fingerprint density at radius 2 is 2.35 bits per heavy atom. The molecule has 17 heavy (non-hydrogen) atoms. The van der Waals surface area contributed by atoms with Crippen molar-refractivity contribution in [2.24, 2.45) is 0 Å². The first-order chi connectivity index (χ1) is 8.31. The van der Waals surface area contributed by atoms with Gasteiger partial charge in [-0.2, -0.15) is 0 Å². The van der Waals surface area contributed by atoms with E-state index in [0.29, 0.717) is 17.3 Å². The van der Waals surface area contributed by atoms with Crippen molar-refractivity contribution >= 4 is 11.8 Å². The first kappa shape index (κ1) is 12.1. The van der Waals surface area contributed by atoms with E-state index in [1.165, 1.54) is 24.1 Å². The van der Waals surface area contributed by atoms with Gasteiger partial charge in [0.15, 0.2) is 0 Å². The Morgan fingerprint density at radius 1 is 1.47 bits per heavy atom. The Bertz CT molecular complexity index is 473. The average molecular weight is 252 g/mol. The maximum atomic E-state index is 13.7. The van der Waals surface area contributed by atoms with Gasteiger partial charge in [0.2, 0.25) is 0 Å². The minimum Gasteiger partial charge on any atom is -0.440 e. The van der Waals surface area contributed by atoms with Crippen LogP contribution in [0.2, 0.25) is 0 Å². The third-order valence-electron chi connectivity index (χ3n) is 2.23. The maximum Gasteiger partial charge on any atom is 0.260 e. The van der Waals surface area contributed by atoms with Gasteiger partial charge in [0.25, 0.3) is 5.22 Å². The van der Waals surface area contributed by atoms with Crippen molar-refractivity contribution in [2.45, 2.75) is 23.6 Å². The molecule has 2 rings (SSSR count). The van der Waals surface area contributed by atoms with Gasteiger partial charge in [0, 0.05) is 17.0 Å². The number of aromatic nitrogens is 1. The van der Waals surface area contributed by atoms with Gasteiger partial charge in [0.1, 0.15) is 12.1 Å². The molecule has 0 fully saturated rings. The van der Waals surface area contributed by atoms with Gasteiger partial charge in [-0.05, 0) is 30.4 Å². The molecule has 0 saturated carbocycles. The van der Waals surface area contributed by atoms with Gasteiger partial charge in [-0.25, -0.2) is 9.37 Å². The van der Waals surface area contributed by atoms with E-state index in [9.17, 15) is 4.39 Å². The fraction of sp³-hybridized carbons (Fsp3) is 0.250. The second-order valence-electron chi connectivity index (χ2n) is 3.40. The summed E-state index contributed by atoms with van der Waals surface area (Å²) in [5.74, 6) is -0.206. The second kappa shape index (κ2) is 5.84. The molecule has 0 amide bonds. The number of nitrogens with zero attached hydrogens (tertiary/aromatic N) is 1. The van der Waals surface area contributed by atoms with E-state index in [1.807, 2.05) is 13.0 Å². The van der Waals surface area contributed by atoms with E-state index in [0.717, 1.165) is 11.4 Å². The standard InChI is InChI=1S/C12H13FN2OS/c1-2-14-8-9-10(13)4-3-5-11(9)17-12-15-6-7-16-12/h3-7,14H,2,8H2,1H3. The summed E-state index contributed by atoms with van der Waals surface area (Å²) >= 11 is 1.33. The summed E-state index contributed by atoms with van der Waals surface area (Å²) < 4.78 is 18.8. The van der Waals surface area contributed by atoms with Crippen LogP contribution in [0.25, 0.3) is 0 Å². The van der Waals surface area contributed by atoms with Crippen LogP contribution in [0.3, 0.4) is 0 Å². The Morgan fingerprint density at radius 3 is 3.06 bits per heavy atom. The molecule has 1 aromatic carbocycles. The molecule has 0 aliphatic rings. The third-order valence-corrected chi connectivity index (χ3v) is 3.21. The van der Waals surface area contributed by atoms with E-state index in [4.69, 9.17) is 4.42 Å². The molecular formula is C12H13FN2OS. The van der Waals surface area contributed by atoms with Crippen LogP contribution in [-0.4, -0.2) is 11.5 Å². The average Bonchev–Trinajstić information content (AvgIpc) is 2.81. The molecule has 0 atom stereocenters. The first-order valence-electron chi connectivity index (χ1n) is 5.36. The van der Waals surface area contributed by atoms with Crippen molar-refractivity contribution in [1.29, 1.82) is 0 Å². The molecule has 0 unspecified atom stereocenters. The highest BCUT2D eigenvalue weighted by Gasteiger charge is 2.11. The number of oxazole rings is 1. The minimum atomic E-state index is -0.206. The molecule has 0 radical (unpaired) electrons. The highest BCUT2D eigenvalue weighted by Crippen LogP contribution is 2.30. The van der Waals surface area contributed by atoms with Gasteiger partial charge >= 0.3 is 0 Å². The quantitative estimate of drug-likeness (QED) is 0.887. The molecule has 1 N–H and O–H groups in total. The summed E-state index contributed by atoms with van der Waals surface area (Å²) in [5, 5.41) is 3.64. The lowest BCUT2D eigenvalue weighted by Crippen LogP contribution is -2.13. The van der Waals surface area contributed by atoms with Gasteiger partial charge in [0.05, 0.1) is 6.20 Å². The fourth-order valence-corrected chi connectivity index (χ4v) is 2.26. The molecule has 5 heteroatoms. The lowest BCUT2D eigenvalue weighted by molar-refractivity contribution is 0.454. The smallest absolute Gasteiger partial charge is 0.260 e. The van der Waals surface area contributed by atoms with Crippen LogP contribution >= 0.6 is 11.8 Å². The van der Waals surface area contributed by atoms with E-state index >= 15 is 0 Å². The number of hydrogen-bond donors (Lipinski definition) is 1. The predicted octanol–water partition coefficient (Wildman–Crippen LogP) is 3.07. The van der Waals surface area contributed by atoms with Crippen LogP contribution in [-0.2, 0) is 6.54 Å². The Labute approximate surface area is 103 Å². The van der Waals surface area contributed by atoms with Gasteiger partial charge < -0.3 is 9.73 Å². The van der Waals surface area contributed by atoms with Crippen molar-refractivity contribution in [3.8, 4) is 0 Å². The zero-order valence-corrected chi connectivity index (χ0v) is 10.3. The largest absolute Gasteiger partial charge is 0.440 e. The predicted molar refractivity (Wildman–Crippen MR) is 64.4 cm³/mol. The molecule has 1 heterocycles. The fourth-order valence-electron chi connectivity index (χ4n) is 1.41. The molecule has 0 aliphatic heterocycles. The molecule has 0 saturated heterocycles. The van der Waals surface area contributed by atoms with Gasteiger partial charge in [-0.1, -0.05) is 13.0 Å². The lowest BCUT2D eigenvalue weighted by atomic mass is 10.2. The van der Waals surface area contributed by atoms with Crippen LogP contribution in [0.4, 0.5) is 4.39 Å². The van der Waals surface area contributed by atoms with Crippen molar-refractivity contribution in [3.05, 3.63) is 42.0 Å². The molecule has 1 aromatic heterocycles. The number of hydrogen-bond acceptors (Lipinski definition) is 4. The molecular weight excluding hydrogens is 239 g/mol. The second-order valence-corrected chi connectivity index (χ2v) is 4.39. The van der Waals surface area contributed by atoms with E-state index < -0.39 is 0 Å². The van der Waals surface area contributed by atoms with Crippen molar-refractivity contribution in [3.63, 3.8) is 0 Å². The van der Waals surface area contributed by atoms with E-state index in [2.05, 4.69) is 10.3 Å². The molecule has 0 bridgehead atoms. The zero-order valence-electron chi connectivity index (χ0n) is 9.44. The van der Waals surface area contributed by atoms with Crippen LogP contribution < -0.4 is 5.32 Å². The zero-order chi connectivity index (χ0) is 12.1. The topological polar surface area (TPSA) is 38.1 Å². The summed E-state index contributed by atoms with van der Waals surface area (Å²) in [4.78, 5) is 4.84. The number of halogens is 1. The number of rotatable bonds is 5. The van der Waals surface area contributed by atoms with Crippen molar-refractivity contribution in [2.75, 3.05) is 6.54 Å². The molecule has 0 spiro atoms. The van der Waals surface area contributed by atoms with Crippen molar-refractivity contribution in [1.82, 2.24) is 10.3 Å². The Balaban J connectivity index is 2.23. The first-order valence-corrected chi connectivity index (χ1v) is 6.18. The minimum absolute atomic E-state index is 0.206. The SMILES string of the molecule is CCNCc1c(F)cccc1Sc1ncco1. The van der Waals surface area contributed by atoms with Crippen LogP contribution in [0, 0.1) is 5.82 Å². The summed E-state index contributed by atoms with van der Waals surface area (Å²) in [6.07, 6.45) is 3.08. The normalized spacial score (nSPS) is 10.7. The van der Waals surface area contributed by atoms with E-state index in [1.54, 1.807) is 12.3 Å². The number of benzene rings is 1. The van der Waals surface area contributed by atoms with Gasteiger partial charge in [-0.3, -0.25) is 0 Å².